The van der Waals surface area contributed by atoms with Crippen molar-refractivity contribution in [3.8, 4) is 5.75 Å². The molecule has 7 heteroatoms. The quantitative estimate of drug-likeness (QED) is 0.259. The molecule has 3 aromatic carbocycles. The van der Waals surface area contributed by atoms with Gasteiger partial charge in [0.2, 0.25) is 11.7 Å². The number of methoxy groups -OCH3 is 1. The summed E-state index contributed by atoms with van der Waals surface area (Å²) in [5.74, 6) is -0.340. The monoisotopic (exact) mass is 491 g/mol. The molecular weight excluding hydrogens is 462 g/mol. The summed E-state index contributed by atoms with van der Waals surface area (Å²) in [5.41, 5.74) is 2.36. The van der Waals surface area contributed by atoms with Crippen LogP contribution < -0.4 is 10.1 Å². The summed E-state index contributed by atoms with van der Waals surface area (Å²) in [6.07, 6.45) is -0.341. The van der Waals surface area contributed by atoms with Crippen molar-refractivity contribution in [1.29, 1.82) is 0 Å². The van der Waals surface area contributed by atoms with Gasteiger partial charge in [-0.05, 0) is 80.9 Å². The van der Waals surface area contributed by atoms with Crippen LogP contribution in [0.25, 0.3) is 0 Å². The minimum Gasteiger partial charge on any atom is -0.497 e. The van der Waals surface area contributed by atoms with Gasteiger partial charge in [-0.3, -0.25) is 14.4 Å². The second-order valence-corrected chi connectivity index (χ2v) is 9.21. The van der Waals surface area contributed by atoms with Crippen LogP contribution in [-0.2, 0) is 14.3 Å². The van der Waals surface area contributed by atoms with E-state index < -0.39 is 12.1 Å². The van der Waals surface area contributed by atoms with Crippen molar-refractivity contribution in [1.82, 2.24) is 0 Å². The van der Waals surface area contributed by atoms with Gasteiger partial charge in [0.25, 0.3) is 0 Å². The van der Waals surface area contributed by atoms with Crippen LogP contribution in [0.4, 0.5) is 5.69 Å². The molecule has 1 atom stereocenters. The standard InChI is InChI=1S/C28H29NO5S/c1-19-7-15-24(16-8-19)35-25-17-11-22(12-18-25)29-26(30)5-4-6-27(31)34-20(2)28(32)21-9-13-23(33-3)14-10-21/h7-18,20H,4-6H2,1-3H3,(H,29,30). The lowest BCUT2D eigenvalue weighted by atomic mass is 10.1. The largest absolute Gasteiger partial charge is 0.497 e. The normalized spacial score (nSPS) is 11.4. The lowest BCUT2D eigenvalue weighted by molar-refractivity contribution is -0.146. The van der Waals surface area contributed by atoms with Crippen molar-refractivity contribution in [2.75, 3.05) is 12.4 Å². The number of carbonyl (C=O) groups is 3. The number of hydrogen-bond donors (Lipinski definition) is 1. The molecule has 0 aromatic heterocycles. The summed E-state index contributed by atoms with van der Waals surface area (Å²) in [6, 6.07) is 22.5. The fraction of sp³-hybridized carbons (Fsp3) is 0.250. The van der Waals surface area contributed by atoms with Gasteiger partial charge in [0.05, 0.1) is 7.11 Å². The Labute approximate surface area is 210 Å². The van der Waals surface area contributed by atoms with Gasteiger partial charge in [-0.1, -0.05) is 29.5 Å². The number of anilines is 1. The van der Waals surface area contributed by atoms with E-state index in [1.165, 1.54) is 12.5 Å². The highest BCUT2D eigenvalue weighted by Crippen LogP contribution is 2.28. The highest BCUT2D eigenvalue weighted by Gasteiger charge is 2.19. The first-order chi connectivity index (χ1) is 16.8. The molecule has 35 heavy (non-hydrogen) atoms. The van der Waals surface area contributed by atoms with Crippen molar-refractivity contribution in [2.24, 2.45) is 0 Å². The fourth-order valence-corrected chi connectivity index (χ4v) is 4.08. The summed E-state index contributed by atoms with van der Waals surface area (Å²) >= 11 is 1.65. The van der Waals surface area contributed by atoms with E-state index in [0.29, 0.717) is 23.4 Å². The summed E-state index contributed by atoms with van der Waals surface area (Å²) < 4.78 is 10.3. The number of Topliss-reactive ketones (excluding diaryl/α,β-unsaturated/α-hetero) is 1. The molecule has 0 spiro atoms. The Balaban J connectivity index is 1.38. The summed E-state index contributed by atoms with van der Waals surface area (Å²) in [7, 11) is 1.55. The first-order valence-electron chi connectivity index (χ1n) is 11.4. The number of amides is 1. The van der Waals surface area contributed by atoms with Crippen LogP contribution in [0.1, 0.15) is 42.1 Å². The zero-order chi connectivity index (χ0) is 25.2. The highest BCUT2D eigenvalue weighted by atomic mass is 32.2. The molecule has 0 saturated heterocycles. The molecule has 0 radical (unpaired) electrons. The predicted molar refractivity (Wildman–Crippen MR) is 137 cm³/mol. The molecule has 3 aromatic rings. The number of benzene rings is 3. The molecule has 0 aliphatic heterocycles. The summed E-state index contributed by atoms with van der Waals surface area (Å²) in [6.45, 7) is 3.60. The highest BCUT2D eigenvalue weighted by molar-refractivity contribution is 7.99. The molecule has 182 valence electrons. The van der Waals surface area contributed by atoms with E-state index in [9.17, 15) is 14.4 Å². The molecule has 0 aliphatic rings. The Bertz CT molecular complexity index is 1140. The number of nitrogens with one attached hydrogen (secondary N) is 1. The zero-order valence-electron chi connectivity index (χ0n) is 20.1. The summed E-state index contributed by atoms with van der Waals surface area (Å²) in [5, 5.41) is 2.84. The molecule has 0 aliphatic carbocycles. The van der Waals surface area contributed by atoms with E-state index in [1.807, 2.05) is 24.3 Å². The second kappa shape index (κ2) is 12.8. The molecule has 1 unspecified atom stereocenters. The molecular formula is C28H29NO5S. The molecule has 1 amide bonds. The molecule has 6 nitrogen and oxygen atoms in total. The van der Waals surface area contributed by atoms with Crippen molar-refractivity contribution in [2.45, 2.75) is 49.0 Å². The molecule has 0 saturated carbocycles. The van der Waals surface area contributed by atoms with E-state index >= 15 is 0 Å². The Morgan fingerprint density at radius 1 is 0.857 bits per heavy atom. The van der Waals surface area contributed by atoms with Crippen LogP contribution in [-0.4, -0.2) is 30.9 Å². The van der Waals surface area contributed by atoms with Gasteiger partial charge in [-0.2, -0.15) is 0 Å². The number of carbonyl (C=O) groups excluding carboxylic acids is 3. The van der Waals surface area contributed by atoms with Gasteiger partial charge in [-0.15, -0.1) is 0 Å². The maximum atomic E-state index is 12.4. The van der Waals surface area contributed by atoms with E-state index in [0.717, 1.165) is 9.79 Å². The molecule has 1 N–H and O–H groups in total. The number of rotatable bonds is 11. The first-order valence-corrected chi connectivity index (χ1v) is 12.2. The minimum atomic E-state index is -0.902. The Kier molecular flexibility index (Phi) is 9.49. The van der Waals surface area contributed by atoms with E-state index in [1.54, 1.807) is 43.1 Å². The van der Waals surface area contributed by atoms with Gasteiger partial charge in [0.15, 0.2) is 6.10 Å². The van der Waals surface area contributed by atoms with Crippen LogP contribution in [0.5, 0.6) is 5.75 Å². The third-order valence-corrected chi connectivity index (χ3v) is 6.25. The van der Waals surface area contributed by atoms with Gasteiger partial charge in [-0.25, -0.2) is 0 Å². The zero-order valence-corrected chi connectivity index (χ0v) is 20.9. The molecule has 0 bridgehead atoms. The van der Waals surface area contributed by atoms with Crippen LogP contribution in [0, 0.1) is 6.92 Å². The van der Waals surface area contributed by atoms with Crippen LogP contribution in [0.15, 0.2) is 82.6 Å². The maximum absolute atomic E-state index is 12.4. The van der Waals surface area contributed by atoms with E-state index in [-0.39, 0.29) is 24.5 Å². The van der Waals surface area contributed by atoms with Crippen molar-refractivity contribution < 1.29 is 23.9 Å². The average molecular weight is 492 g/mol. The van der Waals surface area contributed by atoms with E-state index in [2.05, 4.69) is 36.5 Å². The van der Waals surface area contributed by atoms with E-state index in [4.69, 9.17) is 9.47 Å². The minimum absolute atomic E-state index is 0.0553. The molecule has 3 rings (SSSR count). The average Bonchev–Trinajstić information content (AvgIpc) is 2.86. The number of hydrogen-bond acceptors (Lipinski definition) is 6. The number of esters is 1. The van der Waals surface area contributed by atoms with Crippen molar-refractivity contribution in [3.63, 3.8) is 0 Å². The van der Waals surface area contributed by atoms with Gasteiger partial charge in [0.1, 0.15) is 5.75 Å². The van der Waals surface area contributed by atoms with Crippen molar-refractivity contribution >= 4 is 35.1 Å². The molecule has 0 heterocycles. The van der Waals surface area contributed by atoms with Crippen LogP contribution in [0.3, 0.4) is 0 Å². The lowest BCUT2D eigenvalue weighted by Crippen LogP contribution is -2.24. The van der Waals surface area contributed by atoms with Gasteiger partial charge in [0, 0.05) is 33.9 Å². The summed E-state index contributed by atoms with van der Waals surface area (Å²) in [4.78, 5) is 39.0. The third kappa shape index (κ3) is 8.30. The SMILES string of the molecule is COc1ccc(C(=O)C(C)OC(=O)CCCC(=O)Nc2ccc(Sc3ccc(C)cc3)cc2)cc1. The Morgan fingerprint density at radius 3 is 2.06 bits per heavy atom. The smallest absolute Gasteiger partial charge is 0.306 e. The predicted octanol–water partition coefficient (Wildman–Crippen LogP) is 6.08. The maximum Gasteiger partial charge on any atom is 0.306 e. The first kappa shape index (κ1) is 26.0. The van der Waals surface area contributed by atoms with Gasteiger partial charge < -0.3 is 14.8 Å². The van der Waals surface area contributed by atoms with Crippen LogP contribution >= 0.6 is 11.8 Å². The second-order valence-electron chi connectivity index (χ2n) is 8.07. The fourth-order valence-electron chi connectivity index (χ4n) is 3.27. The molecule has 0 fully saturated rings. The lowest BCUT2D eigenvalue weighted by Gasteiger charge is -2.12. The third-order valence-electron chi connectivity index (χ3n) is 5.23. The topological polar surface area (TPSA) is 81.7 Å². The number of ether oxygens (including phenoxy) is 2. The number of aryl methyl sites for hydroxylation is 1. The Hall–Kier alpha value is -3.58. The number of ketones is 1. The Morgan fingerprint density at radius 2 is 1.46 bits per heavy atom. The van der Waals surface area contributed by atoms with Crippen molar-refractivity contribution in [3.05, 3.63) is 83.9 Å². The van der Waals surface area contributed by atoms with Gasteiger partial charge >= 0.3 is 5.97 Å². The van der Waals surface area contributed by atoms with Crippen LogP contribution in [0.2, 0.25) is 0 Å².